The molecule has 3 aromatic rings. The molecule has 2 aromatic carbocycles. The minimum atomic E-state index is 0.757. The summed E-state index contributed by atoms with van der Waals surface area (Å²) in [6, 6.07) is 12.4. The van der Waals surface area contributed by atoms with Gasteiger partial charge in [-0.3, -0.25) is 0 Å². The second-order valence-electron chi connectivity index (χ2n) is 5.16. The van der Waals surface area contributed by atoms with E-state index in [9.17, 15) is 0 Å². The summed E-state index contributed by atoms with van der Waals surface area (Å²) in [5.74, 6) is 0. The van der Waals surface area contributed by atoms with Crippen molar-refractivity contribution in [2.45, 2.75) is 20.4 Å². The summed E-state index contributed by atoms with van der Waals surface area (Å²) < 4.78 is 0. The second-order valence-corrected chi connectivity index (χ2v) is 5.59. The zero-order valence-corrected chi connectivity index (χ0v) is 12.4. The number of halogens is 1. The molecule has 0 saturated heterocycles. The van der Waals surface area contributed by atoms with Gasteiger partial charge in [0, 0.05) is 34.4 Å². The highest BCUT2D eigenvalue weighted by atomic mass is 35.5. The number of hydrogen-bond acceptors (Lipinski definition) is 1. The summed E-state index contributed by atoms with van der Waals surface area (Å²) in [4.78, 5) is 3.26. The lowest BCUT2D eigenvalue weighted by atomic mass is 10.1. The highest BCUT2D eigenvalue weighted by Crippen LogP contribution is 2.23. The molecular weight excluding hydrogens is 268 g/mol. The maximum Gasteiger partial charge on any atom is 0.0472 e. The van der Waals surface area contributed by atoms with Gasteiger partial charge in [-0.2, -0.15) is 0 Å². The van der Waals surface area contributed by atoms with Gasteiger partial charge in [0.1, 0.15) is 0 Å². The van der Waals surface area contributed by atoms with E-state index in [1.54, 1.807) is 0 Å². The highest BCUT2D eigenvalue weighted by molar-refractivity contribution is 6.31. The Morgan fingerprint density at radius 1 is 1.05 bits per heavy atom. The van der Waals surface area contributed by atoms with Crippen molar-refractivity contribution < 1.29 is 0 Å². The van der Waals surface area contributed by atoms with Gasteiger partial charge in [-0.05, 0) is 54.8 Å². The van der Waals surface area contributed by atoms with Crippen LogP contribution in [0.2, 0.25) is 5.02 Å². The van der Waals surface area contributed by atoms with Crippen LogP contribution in [0.15, 0.2) is 42.6 Å². The summed E-state index contributed by atoms with van der Waals surface area (Å²) in [5.41, 5.74) is 6.10. The molecule has 3 rings (SSSR count). The lowest BCUT2D eigenvalue weighted by molar-refractivity contribution is 1.16. The van der Waals surface area contributed by atoms with Gasteiger partial charge in [0.05, 0.1) is 0 Å². The average molecular weight is 285 g/mol. The van der Waals surface area contributed by atoms with E-state index in [0.717, 1.165) is 22.8 Å². The van der Waals surface area contributed by atoms with Crippen LogP contribution in [0, 0.1) is 13.8 Å². The Kier molecular flexibility index (Phi) is 3.41. The molecule has 0 aliphatic heterocycles. The molecule has 0 radical (unpaired) electrons. The highest BCUT2D eigenvalue weighted by Gasteiger charge is 2.04. The molecule has 0 atom stereocenters. The van der Waals surface area contributed by atoms with Crippen LogP contribution in [0.25, 0.3) is 10.9 Å². The van der Waals surface area contributed by atoms with Gasteiger partial charge in [-0.1, -0.05) is 23.7 Å². The number of aromatic nitrogens is 1. The van der Waals surface area contributed by atoms with Crippen LogP contribution in [0.3, 0.4) is 0 Å². The third kappa shape index (κ3) is 2.52. The molecule has 0 saturated carbocycles. The number of benzene rings is 2. The lowest BCUT2D eigenvalue weighted by Gasteiger charge is -2.08. The standard InChI is InChI=1S/C17H17ClN2/c1-11-3-5-15(7-12(11)2)19-9-13-10-20-17-8-14(18)4-6-16(13)17/h3-8,10,19-20H,9H2,1-2H3. The van der Waals surface area contributed by atoms with Crippen LogP contribution in [0.1, 0.15) is 16.7 Å². The number of anilines is 1. The molecule has 2 N–H and O–H groups in total. The zero-order chi connectivity index (χ0) is 14.1. The summed E-state index contributed by atoms with van der Waals surface area (Å²) in [5, 5.41) is 5.44. The number of nitrogens with one attached hydrogen (secondary N) is 2. The third-order valence-corrected chi connectivity index (χ3v) is 3.95. The summed E-state index contributed by atoms with van der Waals surface area (Å²) in [6.07, 6.45) is 2.04. The molecule has 0 fully saturated rings. The molecule has 3 heteroatoms. The molecule has 0 aliphatic rings. The summed E-state index contributed by atoms with van der Waals surface area (Å²) in [7, 11) is 0. The Morgan fingerprint density at radius 2 is 1.90 bits per heavy atom. The number of aryl methyl sites for hydroxylation is 2. The number of H-pyrrole nitrogens is 1. The Labute approximate surface area is 123 Å². The first-order valence-electron chi connectivity index (χ1n) is 6.70. The van der Waals surface area contributed by atoms with E-state index >= 15 is 0 Å². The van der Waals surface area contributed by atoms with Gasteiger partial charge in [0.25, 0.3) is 0 Å². The topological polar surface area (TPSA) is 27.8 Å². The summed E-state index contributed by atoms with van der Waals surface area (Å²) >= 11 is 6.00. The number of hydrogen-bond donors (Lipinski definition) is 2. The monoisotopic (exact) mass is 284 g/mol. The quantitative estimate of drug-likeness (QED) is 0.692. The molecule has 0 spiro atoms. The molecule has 102 valence electrons. The van der Waals surface area contributed by atoms with E-state index < -0.39 is 0 Å². The van der Waals surface area contributed by atoms with Crippen molar-refractivity contribution in [2.24, 2.45) is 0 Å². The van der Waals surface area contributed by atoms with E-state index in [4.69, 9.17) is 11.6 Å². The minimum absolute atomic E-state index is 0.757. The van der Waals surface area contributed by atoms with Crippen molar-refractivity contribution in [1.29, 1.82) is 0 Å². The van der Waals surface area contributed by atoms with Gasteiger partial charge in [0.15, 0.2) is 0 Å². The van der Waals surface area contributed by atoms with Crippen LogP contribution in [-0.2, 0) is 6.54 Å². The van der Waals surface area contributed by atoms with Crippen LogP contribution in [-0.4, -0.2) is 4.98 Å². The molecule has 0 unspecified atom stereocenters. The van der Waals surface area contributed by atoms with Crippen molar-refractivity contribution in [3.8, 4) is 0 Å². The van der Waals surface area contributed by atoms with Gasteiger partial charge in [-0.15, -0.1) is 0 Å². The number of aromatic amines is 1. The van der Waals surface area contributed by atoms with Crippen molar-refractivity contribution in [2.75, 3.05) is 5.32 Å². The zero-order valence-electron chi connectivity index (χ0n) is 11.6. The van der Waals surface area contributed by atoms with Crippen molar-refractivity contribution in [3.63, 3.8) is 0 Å². The van der Waals surface area contributed by atoms with Crippen LogP contribution < -0.4 is 5.32 Å². The van der Waals surface area contributed by atoms with E-state index in [-0.39, 0.29) is 0 Å². The SMILES string of the molecule is Cc1ccc(NCc2c[nH]c3cc(Cl)ccc23)cc1C. The van der Waals surface area contributed by atoms with Crippen LogP contribution in [0.5, 0.6) is 0 Å². The smallest absolute Gasteiger partial charge is 0.0472 e. The van der Waals surface area contributed by atoms with Crippen molar-refractivity contribution >= 4 is 28.2 Å². The molecule has 20 heavy (non-hydrogen) atoms. The average Bonchev–Trinajstić information content (AvgIpc) is 2.82. The molecule has 0 amide bonds. The van der Waals surface area contributed by atoms with E-state index in [1.165, 1.54) is 22.1 Å². The Bertz CT molecular complexity index is 759. The Balaban J connectivity index is 1.81. The first kappa shape index (κ1) is 13.1. The largest absolute Gasteiger partial charge is 0.381 e. The van der Waals surface area contributed by atoms with Gasteiger partial charge in [-0.25, -0.2) is 0 Å². The normalized spacial score (nSPS) is 10.9. The lowest BCUT2D eigenvalue weighted by Crippen LogP contribution is -1.99. The van der Waals surface area contributed by atoms with Gasteiger partial charge < -0.3 is 10.3 Å². The molecule has 1 heterocycles. The molecule has 0 bridgehead atoms. The maximum absolute atomic E-state index is 6.00. The minimum Gasteiger partial charge on any atom is -0.381 e. The summed E-state index contributed by atoms with van der Waals surface area (Å²) in [6.45, 7) is 5.06. The molecule has 2 nitrogen and oxygen atoms in total. The second kappa shape index (κ2) is 5.22. The Hall–Kier alpha value is -1.93. The Morgan fingerprint density at radius 3 is 2.70 bits per heavy atom. The number of fused-ring (bicyclic) bond motifs is 1. The fraction of sp³-hybridized carbons (Fsp3) is 0.176. The first-order chi connectivity index (χ1) is 9.63. The van der Waals surface area contributed by atoms with Gasteiger partial charge >= 0.3 is 0 Å². The predicted octanol–water partition coefficient (Wildman–Crippen LogP) is 5.05. The molecule has 1 aromatic heterocycles. The van der Waals surface area contributed by atoms with Gasteiger partial charge in [0.2, 0.25) is 0 Å². The van der Waals surface area contributed by atoms with Crippen LogP contribution in [0.4, 0.5) is 5.69 Å². The predicted molar refractivity (Wildman–Crippen MR) is 86.6 cm³/mol. The maximum atomic E-state index is 6.00. The fourth-order valence-electron chi connectivity index (χ4n) is 2.35. The third-order valence-electron chi connectivity index (χ3n) is 3.72. The first-order valence-corrected chi connectivity index (χ1v) is 7.08. The van der Waals surface area contributed by atoms with E-state index in [0.29, 0.717) is 0 Å². The van der Waals surface area contributed by atoms with E-state index in [2.05, 4.69) is 48.4 Å². The molecular formula is C17H17ClN2. The number of rotatable bonds is 3. The fourth-order valence-corrected chi connectivity index (χ4v) is 2.53. The van der Waals surface area contributed by atoms with Crippen molar-refractivity contribution in [3.05, 3.63) is 64.3 Å². The van der Waals surface area contributed by atoms with Crippen molar-refractivity contribution in [1.82, 2.24) is 4.98 Å². The molecule has 0 aliphatic carbocycles. The van der Waals surface area contributed by atoms with E-state index in [1.807, 2.05) is 18.3 Å². The van der Waals surface area contributed by atoms with Crippen LogP contribution >= 0.6 is 11.6 Å².